The van der Waals surface area contributed by atoms with Crippen molar-refractivity contribution in [2.45, 2.75) is 39.5 Å². The van der Waals surface area contributed by atoms with E-state index < -0.39 is 0 Å². The van der Waals surface area contributed by atoms with Crippen LogP contribution in [-0.4, -0.2) is 54.4 Å². The summed E-state index contributed by atoms with van der Waals surface area (Å²) in [4.78, 5) is 28.0. The standard InChI is InChI=1S/C19H28N2O3/c1-3-5-10-18(22)20-11-13-21(14-12-20)19(23)15-24-17-9-7-6-8-16(17)4-2/h6-9H,3-5,10-15H2,1-2H3. The molecule has 0 atom stereocenters. The second-order valence-corrected chi connectivity index (χ2v) is 6.12. The molecule has 0 aromatic heterocycles. The molecule has 5 heteroatoms. The summed E-state index contributed by atoms with van der Waals surface area (Å²) >= 11 is 0. The molecule has 5 nitrogen and oxygen atoms in total. The van der Waals surface area contributed by atoms with Gasteiger partial charge in [-0.05, 0) is 24.5 Å². The molecule has 2 amide bonds. The molecule has 1 aromatic rings. The molecule has 1 fully saturated rings. The number of carbonyl (C=O) groups is 2. The SMILES string of the molecule is CCCCC(=O)N1CCN(C(=O)COc2ccccc2CC)CC1. The molecule has 132 valence electrons. The third kappa shape index (κ3) is 4.98. The van der Waals surface area contributed by atoms with E-state index in [1.54, 1.807) is 4.90 Å². The molecule has 0 bridgehead atoms. The molecule has 1 aromatic carbocycles. The lowest BCUT2D eigenvalue weighted by molar-refractivity contribution is -0.140. The van der Waals surface area contributed by atoms with E-state index in [1.165, 1.54) is 0 Å². The highest BCUT2D eigenvalue weighted by molar-refractivity contribution is 5.79. The van der Waals surface area contributed by atoms with Crippen molar-refractivity contribution in [3.8, 4) is 5.75 Å². The van der Waals surface area contributed by atoms with Gasteiger partial charge in [-0.3, -0.25) is 9.59 Å². The van der Waals surface area contributed by atoms with Crippen molar-refractivity contribution in [3.05, 3.63) is 29.8 Å². The fourth-order valence-electron chi connectivity index (χ4n) is 2.86. The first kappa shape index (κ1) is 18.3. The van der Waals surface area contributed by atoms with Crippen molar-refractivity contribution < 1.29 is 14.3 Å². The third-order valence-corrected chi connectivity index (χ3v) is 4.43. The Hall–Kier alpha value is -2.04. The van der Waals surface area contributed by atoms with Crippen molar-refractivity contribution in [1.82, 2.24) is 9.80 Å². The lowest BCUT2D eigenvalue weighted by Crippen LogP contribution is -2.51. The maximum Gasteiger partial charge on any atom is 0.260 e. The lowest BCUT2D eigenvalue weighted by atomic mass is 10.1. The minimum Gasteiger partial charge on any atom is -0.483 e. The summed E-state index contributed by atoms with van der Waals surface area (Å²) in [5.74, 6) is 0.973. The highest BCUT2D eigenvalue weighted by atomic mass is 16.5. The van der Waals surface area contributed by atoms with Crippen LogP contribution >= 0.6 is 0 Å². The number of hydrogen-bond donors (Lipinski definition) is 0. The van der Waals surface area contributed by atoms with Crippen LogP contribution in [0.1, 0.15) is 38.7 Å². The largest absolute Gasteiger partial charge is 0.483 e. The molecule has 0 spiro atoms. The zero-order valence-corrected chi connectivity index (χ0v) is 14.8. The summed E-state index contributed by atoms with van der Waals surface area (Å²) < 4.78 is 5.70. The van der Waals surface area contributed by atoms with Crippen molar-refractivity contribution >= 4 is 11.8 Å². The van der Waals surface area contributed by atoms with E-state index in [4.69, 9.17) is 4.74 Å². The Balaban J connectivity index is 1.77. The predicted molar refractivity (Wildman–Crippen MR) is 94.0 cm³/mol. The third-order valence-electron chi connectivity index (χ3n) is 4.43. The van der Waals surface area contributed by atoms with Gasteiger partial charge in [0.25, 0.3) is 5.91 Å². The number of benzene rings is 1. The van der Waals surface area contributed by atoms with Gasteiger partial charge in [-0.25, -0.2) is 0 Å². The molecule has 0 N–H and O–H groups in total. The summed E-state index contributed by atoms with van der Waals surface area (Å²) in [6.07, 6.45) is 3.45. The minimum atomic E-state index is -0.0124. The number of piperazine rings is 1. The van der Waals surface area contributed by atoms with Gasteiger partial charge in [-0.1, -0.05) is 38.5 Å². The maximum atomic E-state index is 12.3. The quantitative estimate of drug-likeness (QED) is 0.771. The fourth-order valence-corrected chi connectivity index (χ4v) is 2.86. The Labute approximate surface area is 144 Å². The first-order valence-electron chi connectivity index (χ1n) is 8.92. The number of ether oxygens (including phenoxy) is 1. The molecular formula is C19H28N2O3. The van der Waals surface area contributed by atoms with Crippen LogP contribution in [0.3, 0.4) is 0 Å². The van der Waals surface area contributed by atoms with Crippen LogP contribution in [-0.2, 0) is 16.0 Å². The van der Waals surface area contributed by atoms with Crippen molar-refractivity contribution in [3.63, 3.8) is 0 Å². The molecule has 0 unspecified atom stereocenters. The average molecular weight is 332 g/mol. The normalized spacial score (nSPS) is 14.6. The highest BCUT2D eigenvalue weighted by Gasteiger charge is 2.24. The number of unbranched alkanes of at least 4 members (excludes halogenated alkanes) is 1. The first-order chi connectivity index (χ1) is 11.7. The van der Waals surface area contributed by atoms with Crippen molar-refractivity contribution in [2.75, 3.05) is 32.8 Å². The molecule has 24 heavy (non-hydrogen) atoms. The number of carbonyl (C=O) groups excluding carboxylic acids is 2. The van der Waals surface area contributed by atoms with E-state index >= 15 is 0 Å². The lowest BCUT2D eigenvalue weighted by Gasteiger charge is -2.34. The van der Waals surface area contributed by atoms with E-state index in [0.29, 0.717) is 32.6 Å². The number of aryl methyl sites for hydroxylation is 1. The molecule has 0 radical (unpaired) electrons. The number of hydrogen-bond acceptors (Lipinski definition) is 3. The van der Waals surface area contributed by atoms with Gasteiger partial charge in [0.15, 0.2) is 6.61 Å². The van der Waals surface area contributed by atoms with Gasteiger partial charge in [0.05, 0.1) is 0 Å². The second-order valence-electron chi connectivity index (χ2n) is 6.12. The Morgan fingerprint density at radius 3 is 2.25 bits per heavy atom. The molecule has 0 saturated carbocycles. The van der Waals surface area contributed by atoms with E-state index in [2.05, 4.69) is 13.8 Å². The van der Waals surface area contributed by atoms with Crippen molar-refractivity contribution in [1.29, 1.82) is 0 Å². The van der Waals surface area contributed by atoms with Gasteiger partial charge < -0.3 is 14.5 Å². The van der Waals surface area contributed by atoms with E-state index in [-0.39, 0.29) is 18.4 Å². The number of para-hydroxylation sites is 1. The van der Waals surface area contributed by atoms with Crippen LogP contribution < -0.4 is 4.74 Å². The second kappa shape index (κ2) is 9.30. The van der Waals surface area contributed by atoms with Gasteiger partial charge in [0.1, 0.15) is 5.75 Å². The van der Waals surface area contributed by atoms with E-state index in [0.717, 1.165) is 30.6 Å². The van der Waals surface area contributed by atoms with Crippen LogP contribution in [0.5, 0.6) is 5.75 Å². The van der Waals surface area contributed by atoms with Gasteiger partial charge in [-0.15, -0.1) is 0 Å². The Morgan fingerprint density at radius 1 is 1.00 bits per heavy atom. The smallest absolute Gasteiger partial charge is 0.260 e. The maximum absolute atomic E-state index is 12.3. The molecule has 1 saturated heterocycles. The Morgan fingerprint density at radius 2 is 1.62 bits per heavy atom. The fraction of sp³-hybridized carbons (Fsp3) is 0.579. The summed E-state index contributed by atoms with van der Waals surface area (Å²) in [7, 11) is 0. The van der Waals surface area contributed by atoms with Crippen LogP contribution in [0, 0.1) is 0 Å². The molecular weight excluding hydrogens is 304 g/mol. The first-order valence-corrected chi connectivity index (χ1v) is 8.92. The molecule has 1 heterocycles. The van der Waals surface area contributed by atoms with Crippen LogP contribution in [0.15, 0.2) is 24.3 Å². The summed E-state index contributed by atoms with van der Waals surface area (Å²) in [5.41, 5.74) is 1.11. The van der Waals surface area contributed by atoms with Crippen molar-refractivity contribution in [2.24, 2.45) is 0 Å². The van der Waals surface area contributed by atoms with E-state index in [1.807, 2.05) is 29.2 Å². The number of rotatable bonds is 7. The predicted octanol–water partition coefficient (Wildman–Crippen LogP) is 2.49. The van der Waals surface area contributed by atoms with Gasteiger partial charge in [0, 0.05) is 32.6 Å². The summed E-state index contributed by atoms with van der Waals surface area (Å²) in [5, 5.41) is 0. The zero-order chi connectivity index (χ0) is 17.4. The number of nitrogens with zero attached hydrogens (tertiary/aromatic N) is 2. The summed E-state index contributed by atoms with van der Waals surface area (Å²) in [6.45, 7) is 6.64. The average Bonchev–Trinajstić information content (AvgIpc) is 2.64. The Kier molecular flexibility index (Phi) is 7.09. The molecule has 2 rings (SSSR count). The van der Waals surface area contributed by atoms with Gasteiger partial charge in [0.2, 0.25) is 5.91 Å². The van der Waals surface area contributed by atoms with Gasteiger partial charge >= 0.3 is 0 Å². The van der Waals surface area contributed by atoms with Crippen LogP contribution in [0.4, 0.5) is 0 Å². The topological polar surface area (TPSA) is 49.9 Å². The number of amides is 2. The summed E-state index contributed by atoms with van der Waals surface area (Å²) in [6, 6.07) is 7.80. The van der Waals surface area contributed by atoms with Crippen LogP contribution in [0.2, 0.25) is 0 Å². The molecule has 1 aliphatic heterocycles. The van der Waals surface area contributed by atoms with E-state index in [9.17, 15) is 9.59 Å². The minimum absolute atomic E-state index is 0.0124. The highest BCUT2D eigenvalue weighted by Crippen LogP contribution is 2.18. The molecule has 0 aliphatic carbocycles. The van der Waals surface area contributed by atoms with Gasteiger partial charge in [-0.2, -0.15) is 0 Å². The molecule has 1 aliphatic rings. The zero-order valence-electron chi connectivity index (χ0n) is 14.8. The monoisotopic (exact) mass is 332 g/mol. The Bertz CT molecular complexity index is 551. The van der Waals surface area contributed by atoms with Crippen LogP contribution in [0.25, 0.3) is 0 Å².